The Morgan fingerprint density at radius 3 is 2.58 bits per heavy atom. The van der Waals surface area contributed by atoms with E-state index in [0.717, 1.165) is 28.3 Å². The molecule has 1 aliphatic carbocycles. The Morgan fingerprint density at radius 2 is 1.83 bits per heavy atom. The number of rotatable bonds is 8. The Hall–Kier alpha value is -4.13. The summed E-state index contributed by atoms with van der Waals surface area (Å²) in [5.74, 6) is -1.01. The predicted octanol–water partition coefficient (Wildman–Crippen LogP) is 5.93. The monoisotopic (exact) mass is 486 g/mol. The van der Waals surface area contributed by atoms with Crippen LogP contribution in [-0.2, 0) is 17.6 Å². The van der Waals surface area contributed by atoms with Gasteiger partial charge < -0.3 is 9.40 Å². The summed E-state index contributed by atoms with van der Waals surface area (Å²) in [7, 11) is 0. The van der Waals surface area contributed by atoms with E-state index in [1.54, 1.807) is 12.3 Å². The average molecular weight is 487 g/mol. The molecule has 2 heterocycles. The summed E-state index contributed by atoms with van der Waals surface area (Å²) < 4.78 is 33.8. The van der Waals surface area contributed by atoms with Crippen molar-refractivity contribution in [2.45, 2.75) is 38.5 Å². The van der Waals surface area contributed by atoms with Crippen LogP contribution in [-0.4, -0.2) is 15.8 Å². The molecular weight excluding hydrogens is 462 g/mol. The van der Waals surface area contributed by atoms with E-state index in [9.17, 15) is 18.4 Å². The van der Waals surface area contributed by atoms with Gasteiger partial charge in [0.25, 0.3) is 0 Å². The molecule has 0 amide bonds. The first-order valence-corrected chi connectivity index (χ1v) is 11.7. The lowest BCUT2D eigenvalue weighted by Crippen LogP contribution is -2.12. The molecule has 0 saturated carbocycles. The molecule has 5 nitrogen and oxygen atoms in total. The minimum atomic E-state index is -0.676. The molecule has 1 unspecified atom stereocenters. The highest BCUT2D eigenvalue weighted by Gasteiger charge is 2.24. The zero-order valence-electron chi connectivity index (χ0n) is 19.7. The number of halogens is 2. The van der Waals surface area contributed by atoms with Crippen LogP contribution in [0.4, 0.5) is 8.78 Å². The molecule has 0 radical (unpaired) electrons. The number of benzene rings is 2. The van der Waals surface area contributed by atoms with Crippen LogP contribution in [0.5, 0.6) is 0 Å². The molecule has 1 atom stereocenters. The summed E-state index contributed by atoms with van der Waals surface area (Å²) >= 11 is 0. The molecule has 1 aliphatic rings. The van der Waals surface area contributed by atoms with Crippen molar-refractivity contribution in [1.82, 2.24) is 9.97 Å². The lowest BCUT2D eigenvalue weighted by molar-refractivity contribution is -0.118. The van der Waals surface area contributed by atoms with Crippen molar-refractivity contribution in [2.75, 3.05) is 0 Å². The number of nitrogens with zero attached hydrogens (tertiary/aromatic N) is 1. The predicted molar refractivity (Wildman–Crippen MR) is 132 cm³/mol. The number of hydrogen-bond donors (Lipinski definition) is 1. The Kier molecular flexibility index (Phi) is 6.46. The van der Waals surface area contributed by atoms with E-state index in [1.807, 2.05) is 37.3 Å². The fourth-order valence-electron chi connectivity index (χ4n) is 4.61. The molecule has 1 N–H and O–H groups in total. The van der Waals surface area contributed by atoms with Gasteiger partial charge in [-0.25, -0.2) is 13.8 Å². The molecule has 0 fully saturated rings. The molecule has 36 heavy (non-hydrogen) atoms. The average Bonchev–Trinajstić information content (AvgIpc) is 3.46. The van der Waals surface area contributed by atoms with E-state index < -0.39 is 17.6 Å². The highest BCUT2D eigenvalue weighted by Crippen LogP contribution is 2.32. The third kappa shape index (κ3) is 5.25. The smallest absolute Gasteiger partial charge is 0.248 e. The molecule has 4 aromatic rings. The second kappa shape index (κ2) is 9.85. The SMILES string of the molecule is Cc1ccc(-c2ncc(C(CC(=O)CC3=CCc4ccc(=O)[nH]c43)Cc3cc(F)cc(F)c3)o2)cc1. The number of carbonyl (C=O) groups is 1. The maximum Gasteiger partial charge on any atom is 0.248 e. The van der Waals surface area contributed by atoms with Crippen LogP contribution in [0.1, 0.15) is 46.9 Å². The molecule has 2 aromatic carbocycles. The first-order valence-electron chi connectivity index (χ1n) is 11.7. The third-order valence-electron chi connectivity index (χ3n) is 6.39. The summed E-state index contributed by atoms with van der Waals surface area (Å²) in [4.78, 5) is 32.1. The van der Waals surface area contributed by atoms with Crippen LogP contribution in [0, 0.1) is 18.6 Å². The number of allylic oxidation sites excluding steroid dienone is 2. The maximum absolute atomic E-state index is 13.9. The number of ketones is 1. The van der Waals surface area contributed by atoms with Gasteiger partial charge in [-0.3, -0.25) is 9.59 Å². The Morgan fingerprint density at radius 1 is 1.08 bits per heavy atom. The van der Waals surface area contributed by atoms with Gasteiger partial charge in [-0.15, -0.1) is 0 Å². The number of aromatic amines is 1. The molecule has 7 heteroatoms. The van der Waals surface area contributed by atoms with Gasteiger partial charge in [0.15, 0.2) is 0 Å². The Balaban J connectivity index is 1.40. The van der Waals surface area contributed by atoms with Gasteiger partial charge in [0.2, 0.25) is 11.4 Å². The van der Waals surface area contributed by atoms with Crippen LogP contribution in [0.25, 0.3) is 17.0 Å². The molecule has 2 aromatic heterocycles. The summed E-state index contributed by atoms with van der Waals surface area (Å²) in [6.07, 6.45) is 4.60. The van der Waals surface area contributed by atoms with E-state index in [1.165, 1.54) is 18.2 Å². The number of Topliss-reactive ketones (excluding diaryl/α,β-unsaturated/α-hetero) is 1. The number of carbonyl (C=O) groups excluding carboxylic acids is 1. The topological polar surface area (TPSA) is 76.0 Å². The summed E-state index contributed by atoms with van der Waals surface area (Å²) in [5, 5.41) is 0. The minimum Gasteiger partial charge on any atom is -0.441 e. The number of aromatic nitrogens is 2. The highest BCUT2D eigenvalue weighted by molar-refractivity contribution is 5.91. The first kappa shape index (κ1) is 23.6. The Labute approximate surface area is 206 Å². The summed E-state index contributed by atoms with van der Waals surface area (Å²) in [6, 6.07) is 14.3. The fraction of sp³-hybridized carbons (Fsp3) is 0.207. The van der Waals surface area contributed by atoms with Crippen LogP contribution in [0.15, 0.2) is 76.1 Å². The zero-order valence-corrected chi connectivity index (χ0v) is 19.7. The molecule has 0 bridgehead atoms. The molecule has 0 saturated heterocycles. The highest BCUT2D eigenvalue weighted by atomic mass is 19.1. The van der Waals surface area contributed by atoms with Gasteiger partial charge in [0.1, 0.15) is 23.2 Å². The van der Waals surface area contributed by atoms with Gasteiger partial charge >= 0.3 is 0 Å². The standard InChI is InChI=1S/C29H24F2N2O3/c1-17-2-4-20(5-3-17)29-32-16-26(36-29)22(10-18-11-23(30)15-24(31)12-18)14-25(34)13-21-7-6-19-8-9-27(35)33-28(19)21/h2-5,7-9,11-12,15-16,22H,6,10,13-14H2,1H3,(H,33,35). The number of fused-ring (bicyclic) bond motifs is 1. The summed E-state index contributed by atoms with van der Waals surface area (Å²) in [5.41, 5.74) is 4.56. The quantitative estimate of drug-likeness (QED) is 0.335. The fourth-order valence-corrected chi connectivity index (χ4v) is 4.61. The van der Waals surface area contributed by atoms with Crippen molar-refractivity contribution in [3.8, 4) is 11.5 Å². The number of oxazole rings is 1. The third-order valence-corrected chi connectivity index (χ3v) is 6.39. The van der Waals surface area contributed by atoms with Crippen molar-refractivity contribution < 1.29 is 18.0 Å². The van der Waals surface area contributed by atoms with Gasteiger partial charge in [0.05, 0.1) is 6.20 Å². The van der Waals surface area contributed by atoms with Gasteiger partial charge in [-0.05, 0) is 60.7 Å². The van der Waals surface area contributed by atoms with Crippen molar-refractivity contribution in [3.63, 3.8) is 0 Å². The van der Waals surface area contributed by atoms with Gasteiger partial charge in [-0.1, -0.05) is 29.8 Å². The van der Waals surface area contributed by atoms with Crippen LogP contribution >= 0.6 is 0 Å². The second-order valence-corrected chi connectivity index (χ2v) is 9.19. The molecule has 0 aliphatic heterocycles. The maximum atomic E-state index is 13.9. The number of pyridine rings is 1. The van der Waals surface area contributed by atoms with E-state index >= 15 is 0 Å². The normalized spacial score (nSPS) is 13.4. The Bertz CT molecular complexity index is 1500. The summed E-state index contributed by atoms with van der Waals surface area (Å²) in [6.45, 7) is 1.98. The number of nitrogens with one attached hydrogen (secondary N) is 1. The second-order valence-electron chi connectivity index (χ2n) is 9.19. The van der Waals surface area contributed by atoms with Crippen molar-refractivity contribution >= 4 is 11.4 Å². The van der Waals surface area contributed by atoms with Crippen molar-refractivity contribution in [1.29, 1.82) is 0 Å². The lowest BCUT2D eigenvalue weighted by atomic mass is 9.90. The molecule has 182 valence electrons. The number of hydrogen-bond acceptors (Lipinski definition) is 4. The zero-order chi connectivity index (χ0) is 25.2. The minimum absolute atomic E-state index is 0.0750. The van der Waals surface area contributed by atoms with E-state index in [0.29, 0.717) is 29.3 Å². The van der Waals surface area contributed by atoms with Crippen LogP contribution in [0.3, 0.4) is 0 Å². The van der Waals surface area contributed by atoms with Gasteiger partial charge in [0, 0.05) is 42.1 Å². The number of H-pyrrole nitrogens is 1. The van der Waals surface area contributed by atoms with Crippen LogP contribution < -0.4 is 5.56 Å². The van der Waals surface area contributed by atoms with Crippen LogP contribution in [0.2, 0.25) is 0 Å². The first-order chi connectivity index (χ1) is 17.3. The lowest BCUT2D eigenvalue weighted by Gasteiger charge is -2.15. The van der Waals surface area contributed by atoms with Crippen molar-refractivity contribution in [3.05, 3.63) is 117 Å². The largest absolute Gasteiger partial charge is 0.441 e. The van der Waals surface area contributed by atoms with Gasteiger partial charge in [-0.2, -0.15) is 0 Å². The van der Waals surface area contributed by atoms with Crippen molar-refractivity contribution in [2.24, 2.45) is 0 Å². The van der Waals surface area contributed by atoms with E-state index in [4.69, 9.17) is 4.42 Å². The van der Waals surface area contributed by atoms with E-state index in [2.05, 4.69) is 9.97 Å². The molecule has 0 spiro atoms. The number of aryl methyl sites for hydroxylation is 1. The molecule has 5 rings (SSSR count). The molecular formula is C29H24F2N2O3. The van der Waals surface area contributed by atoms with E-state index in [-0.39, 0.29) is 30.6 Å².